The maximum atomic E-state index is 9.47. The summed E-state index contributed by atoms with van der Waals surface area (Å²) in [6.07, 6.45) is 1.16. The van der Waals surface area contributed by atoms with E-state index < -0.39 is 0 Å². The Morgan fingerprint density at radius 1 is 1.40 bits per heavy atom. The zero-order valence-electron chi connectivity index (χ0n) is 12.0. The van der Waals surface area contributed by atoms with Crippen LogP contribution in [0, 0.1) is 0 Å². The minimum absolute atomic E-state index is 0.0201. The largest absolute Gasteiger partial charge is 0.390 e. The lowest BCUT2D eigenvalue weighted by Crippen LogP contribution is -2.42. The Hall–Kier alpha value is -0.950. The lowest BCUT2D eigenvalue weighted by Gasteiger charge is -2.32. The van der Waals surface area contributed by atoms with Crippen LogP contribution in [0.1, 0.15) is 23.9 Å². The fourth-order valence-electron chi connectivity index (χ4n) is 3.09. The summed E-state index contributed by atoms with van der Waals surface area (Å²) in [5, 5.41) is 14.0. The van der Waals surface area contributed by atoms with Crippen molar-refractivity contribution in [3.63, 3.8) is 0 Å². The van der Waals surface area contributed by atoms with Gasteiger partial charge in [-0.25, -0.2) is 0 Å². The number of fused-ring (bicyclic) bond motifs is 1. The summed E-state index contributed by atoms with van der Waals surface area (Å²) < 4.78 is 13.2. The standard InChI is InChI=1S/C14H23N3O3/c1-2-17-14-3-4-16(7-11-10-19-5-6-20-11)8-12(14)13(9-18)15-17/h11,18H,2-10H2,1H3/t11-/m0/s1. The average Bonchev–Trinajstić information content (AvgIpc) is 2.85. The van der Waals surface area contributed by atoms with Crippen molar-refractivity contribution in [3.05, 3.63) is 17.0 Å². The van der Waals surface area contributed by atoms with E-state index >= 15 is 0 Å². The van der Waals surface area contributed by atoms with Gasteiger partial charge in [-0.05, 0) is 6.92 Å². The van der Waals surface area contributed by atoms with Gasteiger partial charge in [-0.2, -0.15) is 5.10 Å². The predicted octanol–water partition coefficient (Wildman–Crippen LogP) is 0.169. The number of aryl methyl sites for hydroxylation is 1. The molecule has 3 heterocycles. The van der Waals surface area contributed by atoms with E-state index in [1.54, 1.807) is 0 Å². The van der Waals surface area contributed by atoms with Crippen LogP contribution in [-0.2, 0) is 35.6 Å². The summed E-state index contributed by atoms with van der Waals surface area (Å²) in [6.45, 7) is 7.82. The fraction of sp³-hybridized carbons (Fsp3) is 0.786. The monoisotopic (exact) mass is 281 g/mol. The molecule has 0 saturated carbocycles. The molecule has 3 rings (SSSR count). The summed E-state index contributed by atoms with van der Waals surface area (Å²) in [5.74, 6) is 0. The zero-order valence-corrected chi connectivity index (χ0v) is 12.0. The molecule has 1 N–H and O–H groups in total. The summed E-state index contributed by atoms with van der Waals surface area (Å²) in [6, 6.07) is 0. The summed E-state index contributed by atoms with van der Waals surface area (Å²) in [7, 11) is 0. The van der Waals surface area contributed by atoms with Crippen LogP contribution in [0.4, 0.5) is 0 Å². The number of hydrogen-bond acceptors (Lipinski definition) is 5. The van der Waals surface area contributed by atoms with Gasteiger partial charge >= 0.3 is 0 Å². The van der Waals surface area contributed by atoms with Gasteiger partial charge in [-0.15, -0.1) is 0 Å². The van der Waals surface area contributed by atoms with Crippen molar-refractivity contribution in [1.29, 1.82) is 0 Å². The van der Waals surface area contributed by atoms with E-state index in [1.165, 1.54) is 11.3 Å². The molecule has 0 aromatic carbocycles. The molecule has 2 aliphatic heterocycles. The summed E-state index contributed by atoms with van der Waals surface area (Å²) in [4.78, 5) is 2.38. The molecule has 1 aromatic rings. The molecule has 6 nitrogen and oxygen atoms in total. The second-order valence-corrected chi connectivity index (χ2v) is 5.40. The highest BCUT2D eigenvalue weighted by Gasteiger charge is 2.26. The number of rotatable bonds is 4. The van der Waals surface area contributed by atoms with Crippen molar-refractivity contribution >= 4 is 0 Å². The van der Waals surface area contributed by atoms with E-state index in [9.17, 15) is 5.11 Å². The molecule has 0 unspecified atom stereocenters. The van der Waals surface area contributed by atoms with Gasteiger partial charge < -0.3 is 14.6 Å². The molecule has 1 atom stereocenters. The summed E-state index contributed by atoms with van der Waals surface area (Å²) >= 11 is 0. The van der Waals surface area contributed by atoms with Gasteiger partial charge in [0.1, 0.15) is 0 Å². The number of ether oxygens (including phenoxy) is 2. The molecule has 112 valence electrons. The third-order valence-electron chi connectivity index (χ3n) is 4.09. The van der Waals surface area contributed by atoms with Gasteiger partial charge in [0.25, 0.3) is 0 Å². The van der Waals surface area contributed by atoms with Crippen LogP contribution in [0.25, 0.3) is 0 Å². The molecule has 0 spiro atoms. The fourth-order valence-corrected chi connectivity index (χ4v) is 3.09. The zero-order chi connectivity index (χ0) is 13.9. The molecular formula is C14H23N3O3. The highest BCUT2D eigenvalue weighted by atomic mass is 16.6. The van der Waals surface area contributed by atoms with E-state index in [0.29, 0.717) is 19.8 Å². The molecule has 20 heavy (non-hydrogen) atoms. The highest BCUT2D eigenvalue weighted by molar-refractivity contribution is 5.28. The van der Waals surface area contributed by atoms with Crippen molar-refractivity contribution in [2.45, 2.75) is 39.1 Å². The first-order valence-electron chi connectivity index (χ1n) is 7.41. The van der Waals surface area contributed by atoms with Crippen molar-refractivity contribution in [3.8, 4) is 0 Å². The minimum atomic E-state index is 0.0201. The second-order valence-electron chi connectivity index (χ2n) is 5.40. The SMILES string of the molecule is CCn1nc(CO)c2c1CCN(C[C@H]1COCCO1)C2. The molecule has 1 fully saturated rings. The lowest BCUT2D eigenvalue weighted by molar-refractivity contribution is -0.0985. The second kappa shape index (κ2) is 6.22. The van der Waals surface area contributed by atoms with Crippen LogP contribution >= 0.6 is 0 Å². The van der Waals surface area contributed by atoms with E-state index in [2.05, 4.69) is 16.9 Å². The molecule has 0 aliphatic carbocycles. The third kappa shape index (κ3) is 2.74. The van der Waals surface area contributed by atoms with Crippen molar-refractivity contribution in [1.82, 2.24) is 14.7 Å². The van der Waals surface area contributed by atoms with Crippen LogP contribution in [0.5, 0.6) is 0 Å². The molecule has 2 aliphatic rings. The Morgan fingerprint density at radius 3 is 3.00 bits per heavy atom. The topological polar surface area (TPSA) is 59.8 Å². The minimum Gasteiger partial charge on any atom is -0.390 e. The van der Waals surface area contributed by atoms with E-state index in [1.807, 2.05) is 4.68 Å². The Labute approximate surface area is 119 Å². The molecular weight excluding hydrogens is 258 g/mol. The van der Waals surface area contributed by atoms with E-state index in [0.717, 1.165) is 38.3 Å². The first-order chi connectivity index (χ1) is 9.81. The van der Waals surface area contributed by atoms with Crippen molar-refractivity contribution in [2.75, 3.05) is 32.9 Å². The number of aliphatic hydroxyl groups is 1. The van der Waals surface area contributed by atoms with Gasteiger partial charge in [0, 0.05) is 43.9 Å². The van der Waals surface area contributed by atoms with Crippen molar-refractivity contribution < 1.29 is 14.6 Å². The highest BCUT2D eigenvalue weighted by Crippen LogP contribution is 2.23. The maximum absolute atomic E-state index is 9.47. The van der Waals surface area contributed by atoms with Crippen LogP contribution in [-0.4, -0.2) is 58.8 Å². The Bertz CT molecular complexity index is 455. The van der Waals surface area contributed by atoms with Crippen LogP contribution < -0.4 is 0 Å². The Morgan fingerprint density at radius 2 is 2.30 bits per heavy atom. The smallest absolute Gasteiger partial charge is 0.0936 e. The number of aromatic nitrogens is 2. The molecule has 1 aromatic heterocycles. The molecule has 0 amide bonds. The van der Waals surface area contributed by atoms with E-state index in [4.69, 9.17) is 9.47 Å². The predicted molar refractivity (Wildman–Crippen MR) is 73.4 cm³/mol. The normalized spacial score (nSPS) is 23.8. The molecule has 6 heteroatoms. The third-order valence-corrected chi connectivity index (χ3v) is 4.09. The van der Waals surface area contributed by atoms with Gasteiger partial charge in [0.2, 0.25) is 0 Å². The Balaban J connectivity index is 1.69. The lowest BCUT2D eigenvalue weighted by atomic mass is 10.0. The maximum Gasteiger partial charge on any atom is 0.0936 e. The molecule has 0 radical (unpaired) electrons. The van der Waals surface area contributed by atoms with Crippen LogP contribution in [0.3, 0.4) is 0 Å². The van der Waals surface area contributed by atoms with Crippen molar-refractivity contribution in [2.24, 2.45) is 0 Å². The van der Waals surface area contributed by atoms with Gasteiger partial charge in [-0.1, -0.05) is 0 Å². The molecule has 0 bridgehead atoms. The van der Waals surface area contributed by atoms with Gasteiger partial charge in [-0.3, -0.25) is 9.58 Å². The van der Waals surface area contributed by atoms with Gasteiger partial charge in [0.15, 0.2) is 0 Å². The molecule has 1 saturated heterocycles. The van der Waals surface area contributed by atoms with Crippen LogP contribution in [0.15, 0.2) is 0 Å². The van der Waals surface area contributed by atoms with E-state index in [-0.39, 0.29) is 12.7 Å². The van der Waals surface area contributed by atoms with Crippen LogP contribution in [0.2, 0.25) is 0 Å². The van der Waals surface area contributed by atoms with Gasteiger partial charge in [0.05, 0.1) is 38.2 Å². The number of aliphatic hydroxyl groups excluding tert-OH is 1. The summed E-state index contributed by atoms with van der Waals surface area (Å²) in [5.41, 5.74) is 3.32. The number of hydrogen-bond donors (Lipinski definition) is 1. The average molecular weight is 281 g/mol. The quantitative estimate of drug-likeness (QED) is 0.852. The first kappa shape index (κ1) is 14.0. The Kier molecular flexibility index (Phi) is 4.35. The number of nitrogens with zero attached hydrogens (tertiary/aromatic N) is 3. The first-order valence-corrected chi connectivity index (χ1v) is 7.41.